The van der Waals surface area contributed by atoms with Crippen LogP contribution in [0.25, 0.3) is 0 Å². The monoisotopic (exact) mass is 461 g/mol. The molecule has 2 unspecified atom stereocenters. The number of carbonyl (C=O) groups excluding carboxylic acids is 1. The van der Waals surface area contributed by atoms with Crippen molar-refractivity contribution in [3.8, 4) is 0 Å². The lowest BCUT2D eigenvalue weighted by molar-refractivity contribution is -0.0440. The van der Waals surface area contributed by atoms with Gasteiger partial charge in [-0.1, -0.05) is 6.07 Å². The van der Waals surface area contributed by atoms with Crippen LogP contribution in [0.2, 0.25) is 0 Å². The van der Waals surface area contributed by atoms with Gasteiger partial charge in [0.25, 0.3) is 5.91 Å². The highest BCUT2D eigenvalue weighted by Gasteiger charge is 2.32. The molecule has 2 aromatic carbocycles. The third-order valence-electron chi connectivity index (χ3n) is 5.82. The molecule has 2 aliphatic rings. The minimum absolute atomic E-state index is 0.110. The van der Waals surface area contributed by atoms with Gasteiger partial charge in [0.2, 0.25) is 10.0 Å². The second-order valence-corrected chi connectivity index (χ2v) is 10.3. The Balaban J connectivity index is 1.52. The van der Waals surface area contributed by atoms with Crippen LogP contribution in [-0.4, -0.2) is 57.0 Å². The molecule has 2 fully saturated rings. The van der Waals surface area contributed by atoms with Crippen LogP contribution in [0.3, 0.4) is 0 Å². The van der Waals surface area contributed by atoms with E-state index in [4.69, 9.17) is 4.74 Å². The van der Waals surface area contributed by atoms with Gasteiger partial charge in [-0.2, -0.15) is 4.31 Å². The minimum atomic E-state index is -3.70. The molecule has 9 heteroatoms. The number of anilines is 2. The number of carbonyl (C=O) groups is 1. The van der Waals surface area contributed by atoms with Crippen LogP contribution in [0.15, 0.2) is 47.4 Å². The number of sulfonamides is 1. The van der Waals surface area contributed by atoms with E-state index >= 15 is 0 Å². The second-order valence-electron chi connectivity index (χ2n) is 8.39. The maximum atomic E-state index is 14.5. The Morgan fingerprint density at radius 3 is 2.28 bits per heavy atom. The molecule has 0 radical (unpaired) electrons. The normalized spacial score (nSPS) is 22.2. The van der Waals surface area contributed by atoms with E-state index in [2.05, 4.69) is 10.2 Å². The molecule has 0 saturated carbocycles. The maximum absolute atomic E-state index is 14.5. The number of hydrogen-bond acceptors (Lipinski definition) is 5. The Morgan fingerprint density at radius 1 is 1.03 bits per heavy atom. The molecule has 0 aromatic heterocycles. The smallest absolute Gasteiger partial charge is 0.255 e. The van der Waals surface area contributed by atoms with Crippen LogP contribution >= 0.6 is 0 Å². The number of ether oxygens (including phenoxy) is 1. The molecule has 0 spiro atoms. The van der Waals surface area contributed by atoms with E-state index < -0.39 is 21.7 Å². The lowest BCUT2D eigenvalue weighted by Gasteiger charge is -2.34. The molecule has 7 nitrogen and oxygen atoms in total. The van der Waals surface area contributed by atoms with Gasteiger partial charge in [-0.05, 0) is 63.1 Å². The second kappa shape index (κ2) is 9.17. The Morgan fingerprint density at radius 2 is 1.66 bits per heavy atom. The molecule has 1 amide bonds. The zero-order chi connectivity index (χ0) is 22.9. The number of para-hydroxylation sites is 1. The molecular formula is C23H28FN3O4S. The summed E-state index contributed by atoms with van der Waals surface area (Å²) in [7, 11) is -3.70. The van der Waals surface area contributed by atoms with Crippen molar-refractivity contribution in [2.24, 2.45) is 0 Å². The Hall–Kier alpha value is -2.49. The van der Waals surface area contributed by atoms with E-state index in [1.807, 2.05) is 13.8 Å². The Kier molecular flexibility index (Phi) is 6.50. The fourth-order valence-corrected chi connectivity index (χ4v) is 5.89. The average molecular weight is 462 g/mol. The van der Waals surface area contributed by atoms with Gasteiger partial charge < -0.3 is 15.0 Å². The van der Waals surface area contributed by atoms with Crippen molar-refractivity contribution in [2.75, 3.05) is 36.4 Å². The summed E-state index contributed by atoms with van der Waals surface area (Å²) in [6.45, 7) is 5.87. The van der Waals surface area contributed by atoms with Gasteiger partial charge >= 0.3 is 0 Å². The third kappa shape index (κ3) is 4.65. The summed E-state index contributed by atoms with van der Waals surface area (Å²) >= 11 is 0. The molecule has 4 rings (SSSR count). The molecular weight excluding hydrogens is 433 g/mol. The maximum Gasteiger partial charge on any atom is 0.255 e. The van der Waals surface area contributed by atoms with Crippen LogP contribution in [0, 0.1) is 5.82 Å². The number of halogens is 1. The van der Waals surface area contributed by atoms with Crippen molar-refractivity contribution < 1.29 is 22.3 Å². The van der Waals surface area contributed by atoms with Crippen molar-refractivity contribution in [1.29, 1.82) is 0 Å². The van der Waals surface area contributed by atoms with Gasteiger partial charge in [-0.3, -0.25) is 4.79 Å². The first kappa shape index (κ1) is 22.7. The number of nitrogens with zero attached hydrogens (tertiary/aromatic N) is 2. The van der Waals surface area contributed by atoms with E-state index in [9.17, 15) is 17.6 Å². The molecule has 32 heavy (non-hydrogen) atoms. The highest BCUT2D eigenvalue weighted by atomic mass is 32.2. The summed E-state index contributed by atoms with van der Waals surface area (Å²) in [4.78, 5) is 15.0. The predicted molar refractivity (Wildman–Crippen MR) is 121 cm³/mol. The predicted octanol–water partition coefficient (Wildman–Crippen LogP) is 3.48. The first-order chi connectivity index (χ1) is 15.3. The molecule has 2 saturated heterocycles. The number of hydrogen-bond donors (Lipinski definition) is 1. The van der Waals surface area contributed by atoms with Gasteiger partial charge in [-0.15, -0.1) is 0 Å². The highest BCUT2D eigenvalue weighted by Crippen LogP contribution is 2.31. The van der Waals surface area contributed by atoms with E-state index in [0.29, 0.717) is 5.69 Å². The number of rotatable bonds is 5. The molecule has 2 aromatic rings. The zero-order valence-corrected chi connectivity index (χ0v) is 19.1. The van der Waals surface area contributed by atoms with E-state index in [1.165, 1.54) is 34.6 Å². The van der Waals surface area contributed by atoms with Gasteiger partial charge in [-0.25, -0.2) is 12.8 Å². The van der Waals surface area contributed by atoms with Crippen molar-refractivity contribution in [3.63, 3.8) is 0 Å². The van der Waals surface area contributed by atoms with Gasteiger partial charge in [0, 0.05) is 31.7 Å². The summed E-state index contributed by atoms with van der Waals surface area (Å²) < 4.78 is 47.6. The van der Waals surface area contributed by atoms with Crippen LogP contribution < -0.4 is 10.2 Å². The summed E-state index contributed by atoms with van der Waals surface area (Å²) in [6.07, 6.45) is 1.68. The quantitative estimate of drug-likeness (QED) is 0.738. The average Bonchev–Trinajstić information content (AvgIpc) is 3.29. The Bertz CT molecular complexity index is 1070. The van der Waals surface area contributed by atoms with Crippen molar-refractivity contribution in [1.82, 2.24) is 4.31 Å². The van der Waals surface area contributed by atoms with Gasteiger partial charge in [0.1, 0.15) is 11.5 Å². The zero-order valence-electron chi connectivity index (χ0n) is 18.3. The van der Waals surface area contributed by atoms with Crippen molar-refractivity contribution in [3.05, 3.63) is 53.8 Å². The first-order valence-electron chi connectivity index (χ1n) is 10.9. The van der Waals surface area contributed by atoms with Crippen LogP contribution in [0.1, 0.15) is 37.0 Å². The molecule has 2 heterocycles. The third-order valence-corrected chi connectivity index (χ3v) is 7.66. The molecule has 1 N–H and O–H groups in total. The van der Waals surface area contributed by atoms with E-state index in [-0.39, 0.29) is 41.4 Å². The van der Waals surface area contributed by atoms with Crippen LogP contribution in [0.5, 0.6) is 0 Å². The lowest BCUT2D eigenvalue weighted by Crippen LogP contribution is -2.48. The molecule has 2 aliphatic heterocycles. The first-order valence-corrected chi connectivity index (χ1v) is 12.3. The van der Waals surface area contributed by atoms with E-state index in [1.54, 1.807) is 12.1 Å². The SMILES string of the molecule is CC1CN(S(=O)(=O)c2ccc(C(=O)Nc3c(F)cccc3N3CCCC3)cc2)CC(C)O1. The van der Waals surface area contributed by atoms with Crippen LogP contribution in [-0.2, 0) is 14.8 Å². The summed E-state index contributed by atoms with van der Waals surface area (Å²) in [5.41, 5.74) is 1.06. The largest absolute Gasteiger partial charge is 0.373 e. The number of nitrogens with one attached hydrogen (secondary N) is 1. The summed E-state index contributed by atoms with van der Waals surface area (Å²) in [5.74, 6) is -0.995. The number of benzene rings is 2. The molecule has 2 atom stereocenters. The number of morpholine rings is 1. The fraction of sp³-hybridized carbons (Fsp3) is 0.435. The van der Waals surface area contributed by atoms with Crippen molar-refractivity contribution >= 4 is 27.3 Å². The highest BCUT2D eigenvalue weighted by molar-refractivity contribution is 7.89. The molecule has 0 bridgehead atoms. The fourth-order valence-electron chi connectivity index (χ4n) is 4.30. The standard InChI is InChI=1S/C23H28FN3O4S/c1-16-14-27(15-17(2)31-16)32(29,30)19-10-8-18(9-11-19)23(28)25-22-20(24)6-5-7-21(22)26-12-3-4-13-26/h5-11,16-17H,3-4,12-15H2,1-2H3,(H,25,28). The molecule has 0 aliphatic carbocycles. The van der Waals surface area contributed by atoms with Gasteiger partial charge in [0.15, 0.2) is 0 Å². The van der Waals surface area contributed by atoms with Gasteiger partial charge in [0.05, 0.1) is 22.8 Å². The topological polar surface area (TPSA) is 79.0 Å². The Labute approximate surface area is 188 Å². The van der Waals surface area contributed by atoms with E-state index in [0.717, 1.165) is 25.9 Å². The summed E-state index contributed by atoms with van der Waals surface area (Å²) in [6, 6.07) is 10.5. The summed E-state index contributed by atoms with van der Waals surface area (Å²) in [5, 5.41) is 2.67. The van der Waals surface area contributed by atoms with Crippen LogP contribution in [0.4, 0.5) is 15.8 Å². The lowest BCUT2D eigenvalue weighted by atomic mass is 10.2. The number of amides is 1. The minimum Gasteiger partial charge on any atom is -0.373 e. The molecule has 172 valence electrons. The van der Waals surface area contributed by atoms with Crippen molar-refractivity contribution in [2.45, 2.75) is 43.8 Å².